The van der Waals surface area contributed by atoms with Gasteiger partial charge in [0.2, 0.25) is 0 Å². The number of anilines is 1. The van der Waals surface area contributed by atoms with Crippen LogP contribution in [0.1, 0.15) is 12.7 Å². The summed E-state index contributed by atoms with van der Waals surface area (Å²) >= 11 is 2.11. The number of halogens is 1. The van der Waals surface area contributed by atoms with Gasteiger partial charge in [-0.05, 0) is 19.9 Å². The van der Waals surface area contributed by atoms with E-state index >= 15 is 0 Å². The monoisotopic (exact) mass is 290 g/mol. The molecule has 4 nitrogen and oxygen atoms in total. The number of nitrogen functional groups attached to an aromatic ring is 1. The van der Waals surface area contributed by atoms with Gasteiger partial charge in [-0.1, -0.05) is 6.58 Å². The Hall–Kier alpha value is -0.850. The third-order valence-electron chi connectivity index (χ3n) is 1.56. The van der Waals surface area contributed by atoms with E-state index < -0.39 is 0 Å². The first-order valence-electron chi connectivity index (χ1n) is 3.75. The maximum Gasteiger partial charge on any atom is 0.186 e. The third kappa shape index (κ3) is 2.09. The van der Waals surface area contributed by atoms with E-state index in [0.29, 0.717) is 11.6 Å². The largest absolute Gasteiger partial charge is 0.381 e. The zero-order chi connectivity index (χ0) is 10.0. The summed E-state index contributed by atoms with van der Waals surface area (Å²) in [6.45, 7) is 7.37. The van der Waals surface area contributed by atoms with E-state index in [9.17, 15) is 0 Å². The molecule has 0 spiro atoms. The number of aromatic nitrogens is 2. The van der Waals surface area contributed by atoms with Gasteiger partial charge in [-0.15, -0.1) is 0 Å². The highest BCUT2D eigenvalue weighted by Gasteiger charge is 2.08. The van der Waals surface area contributed by atoms with Crippen molar-refractivity contribution in [1.82, 2.24) is 7.76 Å². The molecule has 0 aliphatic heterocycles. The number of hydrogen-bond donors (Lipinski definition) is 1. The van der Waals surface area contributed by atoms with Gasteiger partial charge in [0.1, 0.15) is 5.82 Å². The van der Waals surface area contributed by atoms with Crippen molar-refractivity contribution in [2.75, 3.05) is 5.73 Å². The molecule has 0 saturated heterocycles. The van der Waals surface area contributed by atoms with E-state index in [2.05, 4.69) is 39.4 Å². The Kier molecular flexibility index (Phi) is 3.07. The Morgan fingerprint density at radius 2 is 2.38 bits per heavy atom. The molecule has 1 aromatic rings. The smallest absolute Gasteiger partial charge is 0.186 e. The van der Waals surface area contributed by atoms with Crippen LogP contribution in [-0.4, -0.2) is 13.5 Å². The molecule has 0 radical (unpaired) electrons. The zero-order valence-electron chi connectivity index (χ0n) is 7.58. The molecule has 0 atom stereocenters. The number of nitrogens with two attached hydrogens (primary N) is 1. The number of imidazole rings is 1. The summed E-state index contributed by atoms with van der Waals surface area (Å²) in [4.78, 5) is 8.35. The van der Waals surface area contributed by atoms with Crippen LogP contribution in [0.3, 0.4) is 0 Å². The normalized spacial score (nSPS) is 11.8. The summed E-state index contributed by atoms with van der Waals surface area (Å²) in [6.07, 6.45) is 1.68. The van der Waals surface area contributed by atoms with E-state index in [4.69, 9.17) is 5.73 Å². The van der Waals surface area contributed by atoms with Crippen LogP contribution in [0.5, 0.6) is 0 Å². The molecule has 0 aliphatic carbocycles. The fourth-order valence-electron chi connectivity index (χ4n) is 0.836. The SMILES string of the molecule is C=C/C(C)=N\c1c(N)nc(C)n1I. The average molecular weight is 290 g/mol. The minimum Gasteiger partial charge on any atom is -0.381 e. The quantitative estimate of drug-likeness (QED) is 0.671. The van der Waals surface area contributed by atoms with Crippen LogP contribution in [0.25, 0.3) is 0 Å². The predicted octanol–water partition coefficient (Wildman–Crippen LogP) is 2.25. The van der Waals surface area contributed by atoms with Crippen molar-refractivity contribution in [3.8, 4) is 0 Å². The van der Waals surface area contributed by atoms with Crippen LogP contribution < -0.4 is 5.73 Å². The molecule has 5 heteroatoms. The zero-order valence-corrected chi connectivity index (χ0v) is 9.74. The number of nitrogens with zero attached hydrogens (tertiary/aromatic N) is 3. The molecule has 2 N–H and O–H groups in total. The predicted molar refractivity (Wildman–Crippen MR) is 63.8 cm³/mol. The topological polar surface area (TPSA) is 56.2 Å². The molecule has 1 heterocycles. The molecule has 1 aromatic heterocycles. The third-order valence-corrected chi connectivity index (χ3v) is 2.71. The van der Waals surface area contributed by atoms with E-state index in [1.165, 1.54) is 0 Å². The van der Waals surface area contributed by atoms with Gasteiger partial charge in [-0.25, -0.2) is 9.98 Å². The van der Waals surface area contributed by atoms with Crippen molar-refractivity contribution in [3.05, 3.63) is 18.5 Å². The summed E-state index contributed by atoms with van der Waals surface area (Å²) < 4.78 is 1.82. The first kappa shape index (κ1) is 10.2. The van der Waals surface area contributed by atoms with E-state index in [-0.39, 0.29) is 0 Å². The summed E-state index contributed by atoms with van der Waals surface area (Å²) in [7, 11) is 0. The maximum atomic E-state index is 5.67. The van der Waals surface area contributed by atoms with Crippen molar-refractivity contribution in [3.63, 3.8) is 0 Å². The fraction of sp³-hybridized carbons (Fsp3) is 0.250. The highest BCUT2D eigenvalue weighted by molar-refractivity contribution is 14.1. The highest BCUT2D eigenvalue weighted by Crippen LogP contribution is 2.25. The number of rotatable bonds is 2. The standard InChI is InChI=1S/C8H11IN4/c1-4-5(2)11-8-7(10)12-6(3)13(8)9/h4H,1,10H2,2-3H3/b11-5-. The molecular formula is C8H11IN4. The van der Waals surface area contributed by atoms with E-state index in [0.717, 1.165) is 11.5 Å². The van der Waals surface area contributed by atoms with Gasteiger partial charge in [-0.3, -0.25) is 2.78 Å². The second-order valence-corrected chi connectivity index (χ2v) is 3.57. The molecule has 0 bridgehead atoms. The lowest BCUT2D eigenvalue weighted by Gasteiger charge is -1.96. The molecule has 13 heavy (non-hydrogen) atoms. The first-order valence-corrected chi connectivity index (χ1v) is 4.71. The van der Waals surface area contributed by atoms with Gasteiger partial charge in [0.25, 0.3) is 0 Å². The Bertz CT molecular complexity index is 364. The van der Waals surface area contributed by atoms with Crippen LogP contribution in [0, 0.1) is 6.92 Å². The highest BCUT2D eigenvalue weighted by atomic mass is 127. The van der Waals surface area contributed by atoms with Crippen LogP contribution in [0.2, 0.25) is 0 Å². The van der Waals surface area contributed by atoms with Crippen molar-refractivity contribution in [2.24, 2.45) is 4.99 Å². The maximum absolute atomic E-state index is 5.67. The van der Waals surface area contributed by atoms with Crippen LogP contribution >= 0.6 is 22.9 Å². The molecule has 0 aromatic carbocycles. The van der Waals surface area contributed by atoms with Gasteiger partial charge in [0.05, 0.1) is 22.9 Å². The summed E-state index contributed by atoms with van der Waals surface area (Å²) in [5.74, 6) is 1.97. The molecule has 0 unspecified atom stereocenters. The fourth-order valence-corrected chi connectivity index (χ4v) is 1.30. The summed E-state index contributed by atoms with van der Waals surface area (Å²) in [6, 6.07) is 0. The van der Waals surface area contributed by atoms with Gasteiger partial charge in [0, 0.05) is 5.71 Å². The van der Waals surface area contributed by atoms with E-state index in [1.807, 2.05) is 16.6 Å². The summed E-state index contributed by atoms with van der Waals surface area (Å²) in [5.41, 5.74) is 6.49. The Morgan fingerprint density at radius 3 is 2.77 bits per heavy atom. The summed E-state index contributed by atoms with van der Waals surface area (Å²) in [5, 5.41) is 0. The number of aliphatic imine (C=N–C) groups is 1. The van der Waals surface area contributed by atoms with Crippen LogP contribution in [0.15, 0.2) is 17.6 Å². The second-order valence-electron chi connectivity index (χ2n) is 2.61. The van der Waals surface area contributed by atoms with Gasteiger partial charge in [-0.2, -0.15) is 0 Å². The van der Waals surface area contributed by atoms with Crippen LogP contribution in [0.4, 0.5) is 11.6 Å². The lowest BCUT2D eigenvalue weighted by Crippen LogP contribution is -1.88. The molecule has 0 saturated carbocycles. The molecule has 1 rings (SSSR count). The Morgan fingerprint density at radius 1 is 1.77 bits per heavy atom. The second kappa shape index (κ2) is 3.91. The number of hydrogen-bond acceptors (Lipinski definition) is 3. The van der Waals surface area contributed by atoms with Crippen molar-refractivity contribution < 1.29 is 0 Å². The molecule has 0 aliphatic rings. The Balaban J connectivity index is 3.21. The lowest BCUT2D eigenvalue weighted by atomic mass is 10.4. The van der Waals surface area contributed by atoms with Gasteiger partial charge < -0.3 is 5.73 Å². The van der Waals surface area contributed by atoms with E-state index in [1.54, 1.807) is 6.08 Å². The number of aryl methyl sites for hydroxylation is 1. The molecule has 0 fully saturated rings. The first-order chi connectivity index (χ1) is 6.06. The van der Waals surface area contributed by atoms with Gasteiger partial charge in [0.15, 0.2) is 11.6 Å². The molecule has 0 amide bonds. The molecule has 70 valence electrons. The number of allylic oxidation sites excluding steroid dienone is 1. The van der Waals surface area contributed by atoms with Crippen molar-refractivity contribution in [1.29, 1.82) is 0 Å². The van der Waals surface area contributed by atoms with Crippen molar-refractivity contribution in [2.45, 2.75) is 13.8 Å². The minimum absolute atomic E-state index is 0.452. The average Bonchev–Trinajstić information content (AvgIpc) is 2.32. The molecular weight excluding hydrogens is 279 g/mol. The van der Waals surface area contributed by atoms with Crippen LogP contribution in [-0.2, 0) is 0 Å². The minimum atomic E-state index is 0.452. The van der Waals surface area contributed by atoms with Gasteiger partial charge >= 0.3 is 0 Å². The lowest BCUT2D eigenvalue weighted by molar-refractivity contribution is 1.12. The Labute approximate surface area is 91.1 Å². The van der Waals surface area contributed by atoms with Crippen molar-refractivity contribution >= 4 is 40.2 Å².